The molecule has 1 aliphatic carbocycles. The number of hydrogen-bond acceptors (Lipinski definition) is 2. The summed E-state index contributed by atoms with van der Waals surface area (Å²) >= 11 is 0. The number of carbonyl (C=O) groups is 2. The largest absolute Gasteiger partial charge is 0.481 e. The van der Waals surface area contributed by atoms with E-state index in [2.05, 4.69) is 5.32 Å². The summed E-state index contributed by atoms with van der Waals surface area (Å²) < 4.78 is 27.6. The van der Waals surface area contributed by atoms with Crippen LogP contribution in [0.1, 0.15) is 54.1 Å². The fraction of sp³-hybridized carbons (Fsp3) is 0.360. The maximum absolute atomic E-state index is 13.0. The van der Waals surface area contributed by atoms with Crippen LogP contribution in [-0.4, -0.2) is 27.6 Å². The number of hydrogen-bond donors (Lipinski definition) is 2. The number of aliphatic carboxylic acids is 1. The fourth-order valence-corrected chi connectivity index (χ4v) is 4.53. The molecule has 1 atom stereocenters. The van der Waals surface area contributed by atoms with Gasteiger partial charge in [0, 0.05) is 29.7 Å². The van der Waals surface area contributed by atoms with Crippen molar-refractivity contribution >= 4 is 22.8 Å². The van der Waals surface area contributed by atoms with Gasteiger partial charge in [-0.3, -0.25) is 9.59 Å². The van der Waals surface area contributed by atoms with Crippen molar-refractivity contribution in [3.8, 4) is 0 Å². The summed E-state index contributed by atoms with van der Waals surface area (Å²) in [7, 11) is 0. The van der Waals surface area contributed by atoms with Crippen molar-refractivity contribution in [1.29, 1.82) is 0 Å². The summed E-state index contributed by atoms with van der Waals surface area (Å²) in [5, 5.41) is 13.0. The summed E-state index contributed by atoms with van der Waals surface area (Å²) in [4.78, 5) is 24.0. The Labute approximate surface area is 185 Å². The smallest absolute Gasteiger partial charge is 0.306 e. The quantitative estimate of drug-likeness (QED) is 0.503. The summed E-state index contributed by atoms with van der Waals surface area (Å²) in [6, 6.07) is 13.6. The van der Waals surface area contributed by atoms with Gasteiger partial charge in [-0.2, -0.15) is 0 Å². The van der Waals surface area contributed by atoms with Crippen molar-refractivity contribution < 1.29 is 23.5 Å². The SMILES string of the molecule is CC(CC1CC(C(=O)O)C1)NC(=O)c1cccc2ccn(Cc3ccc(C(F)F)cc3)c12. The number of halogens is 2. The first-order valence-corrected chi connectivity index (χ1v) is 10.8. The van der Waals surface area contributed by atoms with Gasteiger partial charge in [0.1, 0.15) is 0 Å². The van der Waals surface area contributed by atoms with Crippen LogP contribution in [-0.2, 0) is 11.3 Å². The van der Waals surface area contributed by atoms with E-state index in [1.807, 2.05) is 35.9 Å². The standard InChI is InChI=1S/C25H26F2N2O3/c1-15(11-17-12-20(13-17)25(31)32)28-24(30)21-4-2-3-18-9-10-29(22(18)21)14-16-5-7-19(8-6-16)23(26)27/h2-10,15,17,20,23H,11-14H2,1H3,(H,28,30)(H,31,32). The number of nitrogens with one attached hydrogen (secondary N) is 1. The Bertz CT molecular complexity index is 1120. The Hall–Kier alpha value is -3.22. The van der Waals surface area contributed by atoms with E-state index in [0.29, 0.717) is 30.9 Å². The molecule has 168 valence electrons. The van der Waals surface area contributed by atoms with Crippen LogP contribution in [0.3, 0.4) is 0 Å². The van der Waals surface area contributed by atoms with Crippen molar-refractivity contribution in [1.82, 2.24) is 9.88 Å². The molecule has 2 N–H and O–H groups in total. The fourth-order valence-electron chi connectivity index (χ4n) is 4.53. The second-order valence-electron chi connectivity index (χ2n) is 8.71. The predicted octanol–water partition coefficient (Wildman–Crippen LogP) is 5.25. The molecule has 0 radical (unpaired) electrons. The number of rotatable bonds is 8. The maximum atomic E-state index is 13.0. The van der Waals surface area contributed by atoms with Gasteiger partial charge in [0.25, 0.3) is 12.3 Å². The van der Waals surface area contributed by atoms with Gasteiger partial charge in [0.15, 0.2) is 0 Å². The summed E-state index contributed by atoms with van der Waals surface area (Å²) in [5.41, 5.74) is 2.21. The Morgan fingerprint density at radius 3 is 2.50 bits per heavy atom. The third-order valence-electron chi connectivity index (χ3n) is 6.27. The highest BCUT2D eigenvalue weighted by Crippen LogP contribution is 2.37. The number of benzene rings is 2. The van der Waals surface area contributed by atoms with E-state index in [0.717, 1.165) is 22.9 Å². The van der Waals surface area contributed by atoms with E-state index in [1.165, 1.54) is 12.1 Å². The molecule has 5 nitrogen and oxygen atoms in total. The highest BCUT2D eigenvalue weighted by molar-refractivity contribution is 6.06. The highest BCUT2D eigenvalue weighted by atomic mass is 19.3. The van der Waals surface area contributed by atoms with Gasteiger partial charge < -0.3 is 15.0 Å². The van der Waals surface area contributed by atoms with Crippen LogP contribution in [0, 0.1) is 11.8 Å². The monoisotopic (exact) mass is 440 g/mol. The average molecular weight is 440 g/mol. The number of carbonyl (C=O) groups excluding carboxylic acids is 1. The molecule has 3 aromatic rings. The summed E-state index contributed by atoms with van der Waals surface area (Å²) in [6.07, 6.45) is 1.48. The number of nitrogens with zero attached hydrogens (tertiary/aromatic N) is 1. The topological polar surface area (TPSA) is 71.3 Å². The minimum atomic E-state index is -2.50. The molecule has 1 fully saturated rings. The number of amides is 1. The molecule has 2 aromatic carbocycles. The van der Waals surface area contributed by atoms with Crippen molar-refractivity contribution in [3.63, 3.8) is 0 Å². The average Bonchev–Trinajstić information content (AvgIpc) is 3.13. The highest BCUT2D eigenvalue weighted by Gasteiger charge is 2.35. The number of para-hydroxylation sites is 1. The number of carboxylic acid groups (broad SMARTS) is 1. The molecular weight excluding hydrogens is 414 g/mol. The molecule has 7 heteroatoms. The molecule has 0 spiro atoms. The third-order valence-corrected chi connectivity index (χ3v) is 6.27. The Kier molecular flexibility index (Phi) is 6.26. The number of alkyl halides is 2. The van der Waals surface area contributed by atoms with Crippen LogP contribution >= 0.6 is 0 Å². The molecule has 0 aliphatic heterocycles. The van der Waals surface area contributed by atoms with Crippen LogP contribution in [0.15, 0.2) is 54.7 Å². The molecule has 0 bridgehead atoms. The molecule has 32 heavy (non-hydrogen) atoms. The molecular formula is C25H26F2N2O3. The number of fused-ring (bicyclic) bond motifs is 1. The van der Waals surface area contributed by atoms with E-state index in [1.54, 1.807) is 18.2 Å². The van der Waals surface area contributed by atoms with Gasteiger partial charge >= 0.3 is 5.97 Å². The van der Waals surface area contributed by atoms with Crippen LogP contribution < -0.4 is 5.32 Å². The van der Waals surface area contributed by atoms with Gasteiger partial charge in [0.05, 0.1) is 17.0 Å². The Balaban J connectivity index is 1.47. The van der Waals surface area contributed by atoms with E-state index in [9.17, 15) is 18.4 Å². The molecule has 0 saturated heterocycles. The van der Waals surface area contributed by atoms with Gasteiger partial charge in [-0.1, -0.05) is 36.4 Å². The van der Waals surface area contributed by atoms with Crippen molar-refractivity contribution in [2.45, 2.75) is 45.2 Å². The van der Waals surface area contributed by atoms with Gasteiger partial charge in [-0.05, 0) is 49.8 Å². The van der Waals surface area contributed by atoms with Gasteiger partial charge in [-0.15, -0.1) is 0 Å². The van der Waals surface area contributed by atoms with Crippen LogP contribution in [0.5, 0.6) is 0 Å². The van der Waals surface area contributed by atoms with Crippen molar-refractivity contribution in [2.24, 2.45) is 11.8 Å². The molecule has 1 aliphatic rings. The lowest BCUT2D eigenvalue weighted by molar-refractivity contribution is -0.146. The first kappa shape index (κ1) is 22.0. The summed E-state index contributed by atoms with van der Waals surface area (Å²) in [6.45, 7) is 2.40. The molecule has 1 amide bonds. The maximum Gasteiger partial charge on any atom is 0.306 e. The lowest BCUT2D eigenvalue weighted by atomic mass is 9.72. The number of aromatic nitrogens is 1. The second kappa shape index (κ2) is 9.10. The van der Waals surface area contributed by atoms with Gasteiger partial charge in [0.2, 0.25) is 0 Å². The summed E-state index contributed by atoms with van der Waals surface area (Å²) in [5.74, 6) is -0.851. The van der Waals surface area contributed by atoms with Crippen molar-refractivity contribution in [3.05, 3.63) is 71.4 Å². The Morgan fingerprint density at radius 1 is 1.12 bits per heavy atom. The minimum absolute atomic E-state index is 0.0127. The van der Waals surface area contributed by atoms with Crippen molar-refractivity contribution in [2.75, 3.05) is 0 Å². The van der Waals surface area contributed by atoms with Crippen LogP contribution in [0.2, 0.25) is 0 Å². The van der Waals surface area contributed by atoms with Crippen LogP contribution in [0.25, 0.3) is 10.9 Å². The first-order valence-electron chi connectivity index (χ1n) is 10.8. The minimum Gasteiger partial charge on any atom is -0.481 e. The molecule has 1 unspecified atom stereocenters. The molecule has 4 rings (SSSR count). The van der Waals surface area contributed by atoms with Crippen LogP contribution in [0.4, 0.5) is 8.78 Å². The number of carboxylic acids is 1. The third kappa shape index (κ3) is 4.66. The molecule has 1 aromatic heterocycles. The zero-order valence-corrected chi connectivity index (χ0v) is 17.8. The normalized spacial score (nSPS) is 19.0. The predicted molar refractivity (Wildman–Crippen MR) is 118 cm³/mol. The lowest BCUT2D eigenvalue weighted by Gasteiger charge is -2.34. The Morgan fingerprint density at radius 2 is 1.84 bits per heavy atom. The lowest BCUT2D eigenvalue weighted by Crippen LogP contribution is -2.38. The van der Waals surface area contributed by atoms with E-state index in [-0.39, 0.29) is 23.4 Å². The molecule has 1 saturated carbocycles. The van der Waals surface area contributed by atoms with E-state index >= 15 is 0 Å². The second-order valence-corrected chi connectivity index (χ2v) is 8.71. The van der Waals surface area contributed by atoms with E-state index in [4.69, 9.17) is 5.11 Å². The van der Waals surface area contributed by atoms with E-state index < -0.39 is 12.4 Å². The zero-order chi connectivity index (χ0) is 22.8. The molecule has 1 heterocycles. The van der Waals surface area contributed by atoms with Gasteiger partial charge in [-0.25, -0.2) is 8.78 Å². The zero-order valence-electron chi connectivity index (χ0n) is 17.8. The first-order chi connectivity index (χ1) is 15.3.